The Morgan fingerprint density at radius 2 is 2.26 bits per heavy atom. The fraction of sp³-hybridized carbons (Fsp3) is 0.533. The minimum absolute atomic E-state index is 0.0491. The first-order valence-electron chi connectivity index (χ1n) is 6.93. The maximum atomic E-state index is 12.7. The van der Waals surface area contributed by atoms with Crippen LogP contribution in [0, 0.1) is 5.92 Å². The van der Waals surface area contributed by atoms with Gasteiger partial charge >= 0.3 is 0 Å². The molecule has 0 bridgehead atoms. The number of carbonyl (C=O) groups is 1. The maximum absolute atomic E-state index is 12.7. The van der Waals surface area contributed by atoms with Crippen molar-refractivity contribution in [1.29, 1.82) is 0 Å². The molecule has 3 nitrogen and oxygen atoms in total. The number of likely N-dealkylation sites (tertiary alicyclic amines) is 1. The molecule has 2 aliphatic rings. The van der Waals surface area contributed by atoms with Crippen LogP contribution in [0.1, 0.15) is 24.8 Å². The van der Waals surface area contributed by atoms with Crippen LogP contribution in [0.15, 0.2) is 29.2 Å². The molecule has 2 N–H and O–H groups in total. The molecule has 19 heavy (non-hydrogen) atoms. The number of hydrogen-bond acceptors (Lipinski definition) is 3. The molecule has 1 amide bonds. The number of fused-ring (bicyclic) bond motifs is 1. The van der Waals surface area contributed by atoms with Crippen LogP contribution >= 0.6 is 11.8 Å². The Kier molecular flexibility index (Phi) is 3.54. The van der Waals surface area contributed by atoms with Crippen LogP contribution in [-0.2, 0) is 4.79 Å². The van der Waals surface area contributed by atoms with E-state index in [1.165, 1.54) is 10.5 Å². The molecule has 3 rings (SSSR count). The zero-order valence-electron chi connectivity index (χ0n) is 11.2. The van der Waals surface area contributed by atoms with Gasteiger partial charge in [0.25, 0.3) is 0 Å². The van der Waals surface area contributed by atoms with Crippen molar-refractivity contribution in [2.75, 3.05) is 18.8 Å². The highest BCUT2D eigenvalue weighted by molar-refractivity contribution is 7.99. The molecule has 2 heterocycles. The van der Waals surface area contributed by atoms with Gasteiger partial charge in [-0.3, -0.25) is 4.79 Å². The maximum Gasteiger partial charge on any atom is 0.231 e. The van der Waals surface area contributed by atoms with Crippen LogP contribution in [0.5, 0.6) is 0 Å². The normalized spacial score (nSPS) is 27.4. The van der Waals surface area contributed by atoms with Crippen LogP contribution in [0.3, 0.4) is 0 Å². The van der Waals surface area contributed by atoms with Crippen molar-refractivity contribution in [2.24, 2.45) is 11.7 Å². The van der Waals surface area contributed by atoms with Gasteiger partial charge in [0.1, 0.15) is 0 Å². The SMILES string of the molecule is CC(N)C1CCN(C(=O)C2CSc3ccccc32)C1. The summed E-state index contributed by atoms with van der Waals surface area (Å²) >= 11 is 1.80. The van der Waals surface area contributed by atoms with Gasteiger partial charge in [0.2, 0.25) is 5.91 Å². The van der Waals surface area contributed by atoms with Crippen molar-refractivity contribution in [3.8, 4) is 0 Å². The van der Waals surface area contributed by atoms with E-state index >= 15 is 0 Å². The van der Waals surface area contributed by atoms with Gasteiger partial charge in [-0.05, 0) is 30.9 Å². The summed E-state index contributed by atoms with van der Waals surface area (Å²) in [6, 6.07) is 8.46. The first-order valence-corrected chi connectivity index (χ1v) is 7.91. The summed E-state index contributed by atoms with van der Waals surface area (Å²) in [5.41, 5.74) is 7.16. The molecule has 3 atom stereocenters. The zero-order valence-corrected chi connectivity index (χ0v) is 12.0. The summed E-state index contributed by atoms with van der Waals surface area (Å²) in [4.78, 5) is 15.9. The Hall–Kier alpha value is -1.00. The molecule has 0 saturated carbocycles. The van der Waals surface area contributed by atoms with Crippen molar-refractivity contribution in [2.45, 2.75) is 30.2 Å². The largest absolute Gasteiger partial charge is 0.342 e. The number of benzene rings is 1. The number of carbonyl (C=O) groups excluding carboxylic acids is 1. The Balaban J connectivity index is 1.73. The van der Waals surface area contributed by atoms with Gasteiger partial charge in [-0.1, -0.05) is 18.2 Å². The molecule has 0 aromatic heterocycles. The van der Waals surface area contributed by atoms with Crippen molar-refractivity contribution in [1.82, 2.24) is 4.90 Å². The number of thioether (sulfide) groups is 1. The molecule has 4 heteroatoms. The lowest BCUT2D eigenvalue weighted by Crippen LogP contribution is -2.35. The smallest absolute Gasteiger partial charge is 0.231 e. The number of nitrogens with zero attached hydrogens (tertiary/aromatic N) is 1. The average molecular weight is 276 g/mol. The second-order valence-electron chi connectivity index (χ2n) is 5.59. The lowest BCUT2D eigenvalue weighted by molar-refractivity contribution is -0.131. The second kappa shape index (κ2) is 5.17. The van der Waals surface area contributed by atoms with Gasteiger partial charge in [-0.2, -0.15) is 0 Å². The molecule has 1 aromatic carbocycles. The van der Waals surface area contributed by atoms with E-state index < -0.39 is 0 Å². The number of rotatable bonds is 2. The van der Waals surface area contributed by atoms with Crippen molar-refractivity contribution < 1.29 is 4.79 Å². The molecule has 0 radical (unpaired) electrons. The van der Waals surface area contributed by atoms with E-state index in [0.717, 1.165) is 25.3 Å². The summed E-state index contributed by atoms with van der Waals surface area (Å²) in [7, 11) is 0. The number of nitrogens with two attached hydrogens (primary N) is 1. The van der Waals surface area contributed by atoms with Crippen molar-refractivity contribution in [3.63, 3.8) is 0 Å². The third-order valence-electron chi connectivity index (χ3n) is 4.28. The van der Waals surface area contributed by atoms with Gasteiger partial charge in [0, 0.05) is 29.8 Å². The van der Waals surface area contributed by atoms with Crippen LogP contribution < -0.4 is 5.73 Å². The summed E-state index contributed by atoms with van der Waals surface area (Å²) in [6.07, 6.45) is 1.05. The monoisotopic (exact) mass is 276 g/mol. The molecule has 2 aliphatic heterocycles. The van der Waals surface area contributed by atoms with Crippen LogP contribution in [0.25, 0.3) is 0 Å². The highest BCUT2D eigenvalue weighted by atomic mass is 32.2. The molecular weight excluding hydrogens is 256 g/mol. The van der Waals surface area contributed by atoms with E-state index in [0.29, 0.717) is 11.8 Å². The van der Waals surface area contributed by atoms with E-state index in [-0.39, 0.29) is 12.0 Å². The van der Waals surface area contributed by atoms with Crippen LogP contribution in [-0.4, -0.2) is 35.7 Å². The van der Waals surface area contributed by atoms with E-state index in [9.17, 15) is 4.79 Å². The third-order valence-corrected chi connectivity index (χ3v) is 5.46. The van der Waals surface area contributed by atoms with Crippen molar-refractivity contribution >= 4 is 17.7 Å². The molecule has 1 fully saturated rings. The fourth-order valence-electron chi connectivity index (χ4n) is 3.00. The molecule has 1 saturated heterocycles. The third kappa shape index (κ3) is 2.39. The van der Waals surface area contributed by atoms with Gasteiger partial charge < -0.3 is 10.6 Å². The highest BCUT2D eigenvalue weighted by Crippen LogP contribution is 2.40. The molecule has 1 aromatic rings. The Morgan fingerprint density at radius 3 is 3.00 bits per heavy atom. The van der Waals surface area contributed by atoms with Gasteiger partial charge in [-0.15, -0.1) is 11.8 Å². The Labute approximate surface area is 118 Å². The highest BCUT2D eigenvalue weighted by Gasteiger charge is 2.36. The fourth-order valence-corrected chi connectivity index (χ4v) is 4.22. The average Bonchev–Trinajstić information content (AvgIpc) is 3.05. The van der Waals surface area contributed by atoms with Crippen molar-refractivity contribution in [3.05, 3.63) is 29.8 Å². The summed E-state index contributed by atoms with van der Waals surface area (Å²) in [5.74, 6) is 1.69. The topological polar surface area (TPSA) is 46.3 Å². The van der Waals surface area contributed by atoms with E-state index in [1.807, 2.05) is 24.0 Å². The lowest BCUT2D eigenvalue weighted by atomic mass is 9.99. The van der Waals surface area contributed by atoms with Gasteiger partial charge in [0.05, 0.1) is 5.92 Å². The summed E-state index contributed by atoms with van der Waals surface area (Å²) in [6.45, 7) is 3.74. The summed E-state index contributed by atoms with van der Waals surface area (Å²) in [5, 5.41) is 0. The molecule has 3 unspecified atom stereocenters. The van der Waals surface area contributed by atoms with E-state index in [1.54, 1.807) is 11.8 Å². The lowest BCUT2D eigenvalue weighted by Gasteiger charge is -2.21. The quantitative estimate of drug-likeness (QED) is 0.899. The molecule has 0 spiro atoms. The summed E-state index contributed by atoms with van der Waals surface area (Å²) < 4.78 is 0. The minimum Gasteiger partial charge on any atom is -0.342 e. The minimum atomic E-state index is 0.0491. The standard InChI is InChI=1S/C15H20N2OS/c1-10(16)11-6-7-17(8-11)15(18)13-9-19-14-5-3-2-4-12(13)14/h2-5,10-11,13H,6-9,16H2,1H3. The molecular formula is C15H20N2OS. The molecule has 0 aliphatic carbocycles. The van der Waals surface area contributed by atoms with Gasteiger partial charge in [0.15, 0.2) is 0 Å². The second-order valence-corrected chi connectivity index (χ2v) is 6.66. The van der Waals surface area contributed by atoms with E-state index in [2.05, 4.69) is 12.1 Å². The van der Waals surface area contributed by atoms with Crippen LogP contribution in [0.4, 0.5) is 0 Å². The predicted octanol–water partition coefficient (Wildman–Crippen LogP) is 2.07. The van der Waals surface area contributed by atoms with E-state index in [4.69, 9.17) is 5.73 Å². The first kappa shape index (κ1) is 13.0. The number of amides is 1. The Bertz CT molecular complexity index is 489. The first-order chi connectivity index (χ1) is 9.16. The zero-order chi connectivity index (χ0) is 13.4. The predicted molar refractivity (Wildman–Crippen MR) is 78.2 cm³/mol. The Morgan fingerprint density at radius 1 is 1.47 bits per heavy atom. The van der Waals surface area contributed by atoms with Gasteiger partial charge in [-0.25, -0.2) is 0 Å². The molecule has 102 valence electrons. The van der Waals surface area contributed by atoms with Crippen LogP contribution in [0.2, 0.25) is 0 Å². The number of hydrogen-bond donors (Lipinski definition) is 1.